The summed E-state index contributed by atoms with van der Waals surface area (Å²) in [6.07, 6.45) is 0. The van der Waals surface area contributed by atoms with Gasteiger partial charge in [-0.1, -0.05) is 35.3 Å². The molecule has 136 valence electrons. The largest absolute Gasteiger partial charge is 0.347 e. The topological polar surface area (TPSA) is 46.9 Å². The Morgan fingerprint density at radius 2 is 1.70 bits per heavy atom. The Morgan fingerprint density at radius 3 is 2.37 bits per heavy atom. The van der Waals surface area contributed by atoms with Crippen LogP contribution in [0.1, 0.15) is 20.9 Å². The number of nitrogens with one attached hydrogen (secondary N) is 1. The van der Waals surface area contributed by atoms with Gasteiger partial charge in [-0.15, -0.1) is 11.3 Å². The van der Waals surface area contributed by atoms with Gasteiger partial charge in [-0.3, -0.25) is 4.79 Å². The van der Waals surface area contributed by atoms with Crippen molar-refractivity contribution in [2.75, 3.05) is 0 Å². The van der Waals surface area contributed by atoms with Crippen molar-refractivity contribution in [3.8, 4) is 5.69 Å². The second-order valence-corrected chi connectivity index (χ2v) is 8.02. The van der Waals surface area contributed by atoms with E-state index in [9.17, 15) is 4.79 Å². The van der Waals surface area contributed by atoms with Gasteiger partial charge < -0.3 is 5.32 Å². The molecule has 0 atom stereocenters. The van der Waals surface area contributed by atoms with Crippen molar-refractivity contribution < 1.29 is 4.79 Å². The fourth-order valence-electron chi connectivity index (χ4n) is 2.79. The summed E-state index contributed by atoms with van der Waals surface area (Å²) in [5, 5.41) is 9.87. The summed E-state index contributed by atoms with van der Waals surface area (Å²) in [5.74, 6) is -0.104. The number of hydrogen-bond acceptors (Lipinski definition) is 3. The van der Waals surface area contributed by atoms with Crippen LogP contribution in [0.5, 0.6) is 0 Å². The number of hydrogen-bond donors (Lipinski definition) is 1. The highest BCUT2D eigenvalue weighted by Crippen LogP contribution is 2.30. The monoisotopic (exact) mass is 415 g/mol. The Hall–Kier alpha value is -2.34. The summed E-state index contributed by atoms with van der Waals surface area (Å²) >= 11 is 13.3. The van der Waals surface area contributed by atoms with Crippen LogP contribution < -0.4 is 5.32 Å². The van der Waals surface area contributed by atoms with E-state index in [1.807, 2.05) is 66.2 Å². The van der Waals surface area contributed by atoms with Crippen LogP contribution in [-0.4, -0.2) is 15.7 Å². The molecular weight excluding hydrogens is 401 g/mol. The molecule has 0 spiro atoms. The normalized spacial score (nSPS) is 11.1. The van der Waals surface area contributed by atoms with Crippen LogP contribution in [0.2, 0.25) is 10.0 Å². The Labute approximate surface area is 170 Å². The molecule has 0 bridgehead atoms. The lowest BCUT2D eigenvalue weighted by molar-refractivity contribution is 0.0955. The molecule has 0 aliphatic carbocycles. The SMILES string of the molecule is Cc1nn(-c2ccc(Cl)cc2)c2sc(C(=O)NCc3ccc(Cl)cc3)cc12. The maximum absolute atomic E-state index is 12.6. The first kappa shape index (κ1) is 18.0. The number of amides is 1. The molecule has 0 aliphatic rings. The van der Waals surface area contributed by atoms with E-state index in [0.717, 1.165) is 27.2 Å². The van der Waals surface area contributed by atoms with Crippen molar-refractivity contribution in [3.63, 3.8) is 0 Å². The van der Waals surface area contributed by atoms with Crippen LogP contribution in [0.3, 0.4) is 0 Å². The highest BCUT2D eigenvalue weighted by molar-refractivity contribution is 7.20. The van der Waals surface area contributed by atoms with E-state index < -0.39 is 0 Å². The zero-order chi connectivity index (χ0) is 19.0. The number of fused-ring (bicyclic) bond motifs is 1. The van der Waals surface area contributed by atoms with Crippen LogP contribution in [0.25, 0.3) is 15.9 Å². The van der Waals surface area contributed by atoms with Crippen LogP contribution in [0.15, 0.2) is 54.6 Å². The van der Waals surface area contributed by atoms with E-state index >= 15 is 0 Å². The molecule has 0 saturated heterocycles. The summed E-state index contributed by atoms with van der Waals surface area (Å²) in [7, 11) is 0. The van der Waals surface area contributed by atoms with E-state index in [2.05, 4.69) is 10.4 Å². The number of benzene rings is 2. The van der Waals surface area contributed by atoms with Crippen LogP contribution in [0, 0.1) is 6.92 Å². The lowest BCUT2D eigenvalue weighted by atomic mass is 10.2. The molecule has 4 rings (SSSR count). The van der Waals surface area contributed by atoms with Gasteiger partial charge in [0.1, 0.15) is 4.83 Å². The number of carbonyl (C=O) groups is 1. The second kappa shape index (κ2) is 7.35. The van der Waals surface area contributed by atoms with E-state index in [-0.39, 0.29) is 5.91 Å². The van der Waals surface area contributed by atoms with E-state index in [0.29, 0.717) is 21.5 Å². The molecule has 0 aliphatic heterocycles. The Morgan fingerprint density at radius 1 is 1.07 bits per heavy atom. The molecule has 2 heterocycles. The average molecular weight is 416 g/mol. The molecule has 4 nitrogen and oxygen atoms in total. The molecule has 2 aromatic heterocycles. The molecule has 0 radical (unpaired) electrons. The van der Waals surface area contributed by atoms with Gasteiger partial charge in [-0.25, -0.2) is 4.68 Å². The molecule has 0 fully saturated rings. The summed E-state index contributed by atoms with van der Waals surface area (Å²) in [4.78, 5) is 14.2. The average Bonchev–Trinajstić information content (AvgIpc) is 3.23. The molecule has 0 saturated carbocycles. The smallest absolute Gasteiger partial charge is 0.261 e. The fraction of sp³-hybridized carbons (Fsp3) is 0.100. The Bertz CT molecular complexity index is 1110. The number of carbonyl (C=O) groups excluding carboxylic acids is 1. The molecule has 1 N–H and O–H groups in total. The van der Waals surface area contributed by atoms with Gasteiger partial charge in [-0.05, 0) is 55.0 Å². The van der Waals surface area contributed by atoms with Gasteiger partial charge in [0.05, 0.1) is 16.3 Å². The standard InChI is InChI=1S/C20H15Cl2N3OS/c1-12-17-10-18(19(26)23-11-13-2-4-14(21)5-3-13)27-20(17)25(24-12)16-8-6-15(22)7-9-16/h2-10H,11H2,1H3,(H,23,26). The predicted octanol–water partition coefficient (Wildman–Crippen LogP) is 5.63. The highest BCUT2D eigenvalue weighted by Gasteiger charge is 2.17. The third kappa shape index (κ3) is 3.72. The minimum atomic E-state index is -0.104. The lowest BCUT2D eigenvalue weighted by Crippen LogP contribution is -2.21. The molecule has 2 aromatic carbocycles. The van der Waals surface area contributed by atoms with Crippen molar-refractivity contribution >= 4 is 50.7 Å². The lowest BCUT2D eigenvalue weighted by Gasteiger charge is -2.04. The van der Waals surface area contributed by atoms with Gasteiger partial charge in [0.2, 0.25) is 0 Å². The zero-order valence-electron chi connectivity index (χ0n) is 14.4. The number of aromatic nitrogens is 2. The van der Waals surface area contributed by atoms with Crippen molar-refractivity contribution in [3.05, 3.63) is 80.8 Å². The second-order valence-electron chi connectivity index (χ2n) is 6.11. The molecule has 7 heteroatoms. The van der Waals surface area contributed by atoms with Gasteiger partial charge >= 0.3 is 0 Å². The quantitative estimate of drug-likeness (QED) is 0.469. The third-order valence-corrected chi connectivity index (χ3v) is 5.82. The minimum Gasteiger partial charge on any atom is -0.347 e. The third-order valence-electron chi connectivity index (χ3n) is 4.21. The van der Waals surface area contributed by atoms with Crippen molar-refractivity contribution in [2.45, 2.75) is 13.5 Å². The first-order valence-corrected chi connectivity index (χ1v) is 9.86. The van der Waals surface area contributed by atoms with Crippen molar-refractivity contribution in [2.24, 2.45) is 0 Å². The fourth-order valence-corrected chi connectivity index (χ4v) is 4.14. The summed E-state index contributed by atoms with van der Waals surface area (Å²) in [5.41, 5.74) is 2.79. The number of nitrogens with zero attached hydrogens (tertiary/aromatic N) is 2. The number of thiophene rings is 1. The summed E-state index contributed by atoms with van der Waals surface area (Å²) < 4.78 is 1.85. The van der Waals surface area contributed by atoms with Crippen LogP contribution in [-0.2, 0) is 6.54 Å². The van der Waals surface area contributed by atoms with E-state index in [1.54, 1.807) is 0 Å². The van der Waals surface area contributed by atoms with E-state index in [1.165, 1.54) is 11.3 Å². The highest BCUT2D eigenvalue weighted by atomic mass is 35.5. The maximum atomic E-state index is 12.6. The molecular formula is C20H15Cl2N3OS. The zero-order valence-corrected chi connectivity index (χ0v) is 16.7. The van der Waals surface area contributed by atoms with Gasteiger partial charge in [0, 0.05) is 22.0 Å². The molecule has 0 unspecified atom stereocenters. The van der Waals surface area contributed by atoms with E-state index in [4.69, 9.17) is 23.2 Å². The first-order chi connectivity index (χ1) is 13.0. The number of halogens is 2. The molecule has 1 amide bonds. The van der Waals surface area contributed by atoms with Crippen molar-refractivity contribution in [1.29, 1.82) is 0 Å². The molecule has 27 heavy (non-hydrogen) atoms. The maximum Gasteiger partial charge on any atom is 0.261 e. The van der Waals surface area contributed by atoms with Crippen LogP contribution in [0.4, 0.5) is 0 Å². The van der Waals surface area contributed by atoms with Crippen molar-refractivity contribution in [1.82, 2.24) is 15.1 Å². The number of aryl methyl sites for hydroxylation is 1. The first-order valence-electron chi connectivity index (χ1n) is 8.29. The molecule has 4 aromatic rings. The summed E-state index contributed by atoms with van der Waals surface area (Å²) in [6.45, 7) is 2.39. The van der Waals surface area contributed by atoms with Gasteiger partial charge in [-0.2, -0.15) is 5.10 Å². The minimum absolute atomic E-state index is 0.104. The predicted molar refractivity (Wildman–Crippen MR) is 111 cm³/mol. The Kier molecular flexibility index (Phi) is 4.91. The summed E-state index contributed by atoms with van der Waals surface area (Å²) in [6, 6.07) is 16.8. The Balaban J connectivity index is 1.59. The van der Waals surface area contributed by atoms with Gasteiger partial charge in [0.15, 0.2) is 0 Å². The number of rotatable bonds is 4. The van der Waals surface area contributed by atoms with Gasteiger partial charge in [0.25, 0.3) is 5.91 Å². The van der Waals surface area contributed by atoms with Crippen LogP contribution >= 0.6 is 34.5 Å².